The van der Waals surface area contributed by atoms with Crippen molar-refractivity contribution in [2.45, 2.75) is 25.3 Å². The number of urea groups is 1. The molecular weight excluding hydrogens is 146 g/mol. The third-order valence-electron chi connectivity index (χ3n) is 1.85. The number of carbonyl (C=O) groups is 1. The van der Waals surface area contributed by atoms with Crippen LogP contribution in [0, 0.1) is 4.91 Å². The number of nitroso groups, excluding NO2 is 1. The van der Waals surface area contributed by atoms with Crippen LogP contribution in [0.25, 0.3) is 0 Å². The van der Waals surface area contributed by atoms with Gasteiger partial charge in [-0.1, -0.05) is 0 Å². The van der Waals surface area contributed by atoms with Gasteiger partial charge in [-0.2, -0.15) is 5.01 Å². The molecule has 1 N–H and O–H groups in total. The van der Waals surface area contributed by atoms with Gasteiger partial charge in [0.2, 0.25) is 0 Å². The molecule has 0 saturated heterocycles. The van der Waals surface area contributed by atoms with Gasteiger partial charge < -0.3 is 5.32 Å². The summed E-state index contributed by atoms with van der Waals surface area (Å²) in [6, 6.07) is -0.156. The molecule has 0 spiro atoms. The van der Waals surface area contributed by atoms with E-state index in [0.29, 0.717) is 0 Å². The number of carbonyl (C=O) groups excluding carboxylic acids is 1. The van der Waals surface area contributed by atoms with Crippen LogP contribution in [0.4, 0.5) is 4.79 Å². The van der Waals surface area contributed by atoms with E-state index in [-0.39, 0.29) is 6.04 Å². The van der Waals surface area contributed by atoms with E-state index in [1.165, 1.54) is 7.05 Å². The SMILES string of the molecule is CN(N=O)C(=O)NC1CCC1. The summed E-state index contributed by atoms with van der Waals surface area (Å²) in [5.41, 5.74) is 0. The van der Waals surface area contributed by atoms with Crippen molar-refractivity contribution in [2.75, 3.05) is 7.05 Å². The molecule has 1 aliphatic carbocycles. The maximum Gasteiger partial charge on any atom is 0.340 e. The molecule has 62 valence electrons. The lowest BCUT2D eigenvalue weighted by Crippen LogP contribution is -2.44. The van der Waals surface area contributed by atoms with Gasteiger partial charge in [-0.3, -0.25) is 0 Å². The topological polar surface area (TPSA) is 61.8 Å². The van der Waals surface area contributed by atoms with Crippen molar-refractivity contribution in [1.82, 2.24) is 10.3 Å². The zero-order valence-electron chi connectivity index (χ0n) is 6.41. The predicted molar refractivity (Wildman–Crippen MR) is 39.7 cm³/mol. The summed E-state index contributed by atoms with van der Waals surface area (Å²) in [6.45, 7) is 0. The molecule has 0 heterocycles. The van der Waals surface area contributed by atoms with E-state index < -0.39 is 6.03 Å². The van der Waals surface area contributed by atoms with Crippen LogP contribution in [0.5, 0.6) is 0 Å². The minimum absolute atomic E-state index is 0.256. The Morgan fingerprint density at radius 2 is 2.27 bits per heavy atom. The summed E-state index contributed by atoms with van der Waals surface area (Å²) in [4.78, 5) is 20.7. The summed E-state index contributed by atoms with van der Waals surface area (Å²) in [6.07, 6.45) is 3.18. The van der Waals surface area contributed by atoms with Crippen molar-refractivity contribution in [2.24, 2.45) is 5.29 Å². The van der Waals surface area contributed by atoms with E-state index in [2.05, 4.69) is 10.6 Å². The second-order valence-corrected chi connectivity index (χ2v) is 2.68. The van der Waals surface area contributed by atoms with Gasteiger partial charge in [0.1, 0.15) is 0 Å². The molecule has 0 unspecified atom stereocenters. The average molecular weight is 157 g/mol. The Bertz CT molecular complexity index is 167. The van der Waals surface area contributed by atoms with Crippen LogP contribution < -0.4 is 5.32 Å². The molecule has 1 fully saturated rings. The van der Waals surface area contributed by atoms with E-state index in [9.17, 15) is 9.70 Å². The zero-order chi connectivity index (χ0) is 8.27. The monoisotopic (exact) mass is 157 g/mol. The summed E-state index contributed by atoms with van der Waals surface area (Å²) in [5, 5.41) is 5.89. The highest BCUT2D eigenvalue weighted by Gasteiger charge is 2.21. The zero-order valence-corrected chi connectivity index (χ0v) is 6.41. The molecular formula is C6H11N3O2. The van der Waals surface area contributed by atoms with Crippen molar-refractivity contribution < 1.29 is 4.79 Å². The van der Waals surface area contributed by atoms with Crippen LogP contribution in [-0.4, -0.2) is 24.1 Å². The van der Waals surface area contributed by atoms with Crippen molar-refractivity contribution in [3.05, 3.63) is 4.91 Å². The summed E-state index contributed by atoms with van der Waals surface area (Å²) in [7, 11) is 1.33. The summed E-state index contributed by atoms with van der Waals surface area (Å²) in [5.74, 6) is 0. The first-order valence-corrected chi connectivity index (χ1v) is 3.61. The third kappa shape index (κ3) is 1.89. The smallest absolute Gasteiger partial charge is 0.334 e. The lowest BCUT2D eigenvalue weighted by molar-refractivity contribution is 0.198. The minimum atomic E-state index is -0.412. The van der Waals surface area contributed by atoms with Crippen molar-refractivity contribution in [3.63, 3.8) is 0 Å². The minimum Gasteiger partial charge on any atom is -0.334 e. The van der Waals surface area contributed by atoms with E-state index >= 15 is 0 Å². The first kappa shape index (κ1) is 7.97. The quantitative estimate of drug-likeness (QED) is 0.477. The molecule has 0 aromatic heterocycles. The van der Waals surface area contributed by atoms with Crippen LogP contribution in [0.1, 0.15) is 19.3 Å². The molecule has 1 rings (SSSR count). The molecule has 5 nitrogen and oxygen atoms in total. The summed E-state index contributed by atoms with van der Waals surface area (Å²) < 4.78 is 0. The largest absolute Gasteiger partial charge is 0.340 e. The van der Waals surface area contributed by atoms with Gasteiger partial charge in [0.05, 0.1) is 5.29 Å². The van der Waals surface area contributed by atoms with Crippen molar-refractivity contribution in [3.8, 4) is 0 Å². The maximum atomic E-state index is 10.9. The lowest BCUT2D eigenvalue weighted by Gasteiger charge is -2.26. The number of nitrogens with zero attached hydrogens (tertiary/aromatic N) is 2. The molecule has 0 radical (unpaired) electrons. The molecule has 0 atom stereocenters. The fourth-order valence-electron chi connectivity index (χ4n) is 0.858. The number of amides is 2. The molecule has 1 aliphatic rings. The van der Waals surface area contributed by atoms with Crippen LogP contribution in [-0.2, 0) is 0 Å². The van der Waals surface area contributed by atoms with E-state index in [4.69, 9.17) is 0 Å². The lowest BCUT2D eigenvalue weighted by atomic mass is 9.93. The molecule has 0 aliphatic heterocycles. The normalized spacial score (nSPS) is 16.8. The molecule has 0 aromatic rings. The van der Waals surface area contributed by atoms with Gasteiger partial charge >= 0.3 is 6.03 Å². The van der Waals surface area contributed by atoms with Crippen LogP contribution in [0.2, 0.25) is 0 Å². The highest BCUT2D eigenvalue weighted by Crippen LogP contribution is 2.17. The molecule has 0 bridgehead atoms. The predicted octanol–water partition coefficient (Wildman–Crippen LogP) is 0.862. The second-order valence-electron chi connectivity index (χ2n) is 2.68. The standard InChI is InChI=1S/C6H11N3O2/c1-9(8-11)6(10)7-5-3-2-4-5/h5H,2-4H2,1H3,(H,7,10). The molecule has 0 aromatic carbocycles. The maximum absolute atomic E-state index is 10.9. The molecule has 11 heavy (non-hydrogen) atoms. The highest BCUT2D eigenvalue weighted by atomic mass is 16.3. The van der Waals surface area contributed by atoms with Gasteiger partial charge in [-0.25, -0.2) is 4.79 Å². The molecule has 2 amide bonds. The number of nitrogens with one attached hydrogen (secondary N) is 1. The first-order valence-electron chi connectivity index (χ1n) is 3.61. The average Bonchev–Trinajstić information content (AvgIpc) is 1.94. The highest BCUT2D eigenvalue weighted by molar-refractivity contribution is 5.73. The Hall–Kier alpha value is -1.13. The van der Waals surface area contributed by atoms with Gasteiger partial charge in [-0.15, -0.1) is 4.91 Å². The van der Waals surface area contributed by atoms with E-state index in [1.807, 2.05) is 0 Å². The Kier molecular flexibility index (Phi) is 2.40. The Morgan fingerprint density at radius 1 is 1.64 bits per heavy atom. The van der Waals surface area contributed by atoms with Gasteiger partial charge in [0.25, 0.3) is 0 Å². The van der Waals surface area contributed by atoms with Gasteiger partial charge in [0, 0.05) is 13.1 Å². The first-order chi connectivity index (χ1) is 5.24. The number of rotatable bonds is 2. The Balaban J connectivity index is 2.24. The van der Waals surface area contributed by atoms with Crippen LogP contribution >= 0.6 is 0 Å². The van der Waals surface area contributed by atoms with Crippen LogP contribution in [0.15, 0.2) is 5.29 Å². The number of hydrogen-bond donors (Lipinski definition) is 1. The van der Waals surface area contributed by atoms with Gasteiger partial charge in [0.15, 0.2) is 0 Å². The molecule has 5 heteroatoms. The van der Waals surface area contributed by atoms with Crippen molar-refractivity contribution >= 4 is 6.03 Å². The van der Waals surface area contributed by atoms with Gasteiger partial charge in [-0.05, 0) is 19.3 Å². The fourth-order valence-corrected chi connectivity index (χ4v) is 0.858. The second kappa shape index (κ2) is 3.32. The Morgan fingerprint density at radius 3 is 2.64 bits per heavy atom. The number of hydrogen-bond acceptors (Lipinski definition) is 3. The Labute approximate surface area is 64.7 Å². The van der Waals surface area contributed by atoms with E-state index in [0.717, 1.165) is 24.3 Å². The molecule has 1 saturated carbocycles. The third-order valence-corrected chi connectivity index (χ3v) is 1.85. The summed E-state index contributed by atoms with van der Waals surface area (Å²) >= 11 is 0. The van der Waals surface area contributed by atoms with Crippen LogP contribution in [0.3, 0.4) is 0 Å². The van der Waals surface area contributed by atoms with E-state index in [1.54, 1.807) is 0 Å². The van der Waals surface area contributed by atoms with Crippen molar-refractivity contribution in [1.29, 1.82) is 0 Å². The fraction of sp³-hybridized carbons (Fsp3) is 0.833.